The van der Waals surface area contributed by atoms with Crippen LogP contribution in [0.5, 0.6) is 11.5 Å². The maximum Gasteiger partial charge on any atom is 0.244 e. The lowest BCUT2D eigenvalue weighted by atomic mass is 10.1. The van der Waals surface area contributed by atoms with Crippen LogP contribution in [0.25, 0.3) is 6.08 Å². The Kier molecular flexibility index (Phi) is 6.84. The highest BCUT2D eigenvalue weighted by atomic mass is 32.1. The fourth-order valence-electron chi connectivity index (χ4n) is 2.15. The molecule has 0 saturated carbocycles. The molecule has 1 aromatic heterocycles. The van der Waals surface area contributed by atoms with Crippen LogP contribution < -0.4 is 14.8 Å². The Morgan fingerprint density at radius 1 is 1.29 bits per heavy atom. The number of nitrogens with one attached hydrogen (secondary N) is 1. The fourth-order valence-corrected chi connectivity index (χ4v) is 2.86. The van der Waals surface area contributed by atoms with Crippen molar-refractivity contribution >= 4 is 23.3 Å². The van der Waals surface area contributed by atoms with Gasteiger partial charge in [0.05, 0.1) is 20.3 Å². The highest BCUT2D eigenvalue weighted by molar-refractivity contribution is 7.07. The van der Waals surface area contributed by atoms with Gasteiger partial charge in [-0.3, -0.25) is 4.79 Å². The molecule has 24 heavy (non-hydrogen) atoms. The topological polar surface area (TPSA) is 67.8 Å². The van der Waals surface area contributed by atoms with E-state index >= 15 is 0 Å². The van der Waals surface area contributed by atoms with E-state index in [1.807, 2.05) is 22.9 Å². The second kappa shape index (κ2) is 9.10. The van der Waals surface area contributed by atoms with Gasteiger partial charge in [0.25, 0.3) is 0 Å². The Labute approximate surface area is 145 Å². The van der Waals surface area contributed by atoms with E-state index in [1.165, 1.54) is 6.08 Å². The Morgan fingerprint density at radius 3 is 2.75 bits per heavy atom. The summed E-state index contributed by atoms with van der Waals surface area (Å²) in [5, 5.41) is 16.5. The van der Waals surface area contributed by atoms with Crippen LogP contribution in [-0.2, 0) is 4.79 Å². The van der Waals surface area contributed by atoms with Crippen molar-refractivity contribution in [3.8, 4) is 11.5 Å². The molecule has 1 unspecified atom stereocenters. The number of thiophene rings is 1. The van der Waals surface area contributed by atoms with Crippen molar-refractivity contribution in [2.75, 3.05) is 20.8 Å². The van der Waals surface area contributed by atoms with E-state index in [1.54, 1.807) is 43.8 Å². The number of benzene rings is 1. The zero-order valence-electron chi connectivity index (χ0n) is 13.7. The first-order valence-electron chi connectivity index (χ1n) is 7.52. The largest absolute Gasteiger partial charge is 0.493 e. The van der Waals surface area contributed by atoms with E-state index in [4.69, 9.17) is 9.47 Å². The van der Waals surface area contributed by atoms with Gasteiger partial charge in [0.2, 0.25) is 5.91 Å². The maximum atomic E-state index is 11.8. The summed E-state index contributed by atoms with van der Waals surface area (Å²) in [7, 11) is 3.14. The summed E-state index contributed by atoms with van der Waals surface area (Å²) in [6, 6.07) is 7.30. The summed E-state index contributed by atoms with van der Waals surface area (Å²) >= 11 is 1.54. The molecule has 1 amide bonds. The first kappa shape index (κ1) is 18.0. The van der Waals surface area contributed by atoms with Crippen LogP contribution in [0, 0.1) is 0 Å². The van der Waals surface area contributed by atoms with Gasteiger partial charge >= 0.3 is 0 Å². The third-order valence-corrected chi connectivity index (χ3v) is 4.18. The zero-order chi connectivity index (χ0) is 17.4. The molecule has 2 rings (SSSR count). The van der Waals surface area contributed by atoms with Gasteiger partial charge in [-0.05, 0) is 52.6 Å². The van der Waals surface area contributed by atoms with E-state index in [0.29, 0.717) is 24.5 Å². The summed E-state index contributed by atoms with van der Waals surface area (Å²) in [6.45, 7) is 0.409. The fraction of sp³-hybridized carbons (Fsp3) is 0.278. The van der Waals surface area contributed by atoms with Gasteiger partial charge < -0.3 is 19.9 Å². The van der Waals surface area contributed by atoms with Crippen LogP contribution in [0.15, 0.2) is 41.1 Å². The van der Waals surface area contributed by atoms with Gasteiger partial charge in [-0.25, -0.2) is 0 Å². The number of carbonyl (C=O) groups is 1. The molecule has 1 aromatic carbocycles. The number of methoxy groups -OCH3 is 2. The van der Waals surface area contributed by atoms with Crippen molar-refractivity contribution in [3.05, 3.63) is 52.2 Å². The second-order valence-corrected chi connectivity index (χ2v) is 5.88. The maximum absolute atomic E-state index is 11.8. The molecule has 0 aliphatic heterocycles. The highest BCUT2D eigenvalue weighted by Gasteiger charge is 2.08. The van der Waals surface area contributed by atoms with Crippen molar-refractivity contribution in [1.29, 1.82) is 0 Å². The average molecular weight is 347 g/mol. The predicted molar refractivity (Wildman–Crippen MR) is 95.5 cm³/mol. The van der Waals surface area contributed by atoms with Gasteiger partial charge in [0.1, 0.15) is 0 Å². The molecule has 0 radical (unpaired) electrons. The average Bonchev–Trinajstić information content (AvgIpc) is 3.14. The number of ether oxygens (including phenoxy) is 2. The van der Waals surface area contributed by atoms with Gasteiger partial charge in [-0.2, -0.15) is 11.3 Å². The molecule has 128 valence electrons. The van der Waals surface area contributed by atoms with E-state index < -0.39 is 6.10 Å². The molecule has 0 spiro atoms. The van der Waals surface area contributed by atoms with Crippen molar-refractivity contribution in [3.63, 3.8) is 0 Å². The van der Waals surface area contributed by atoms with Gasteiger partial charge in [0, 0.05) is 12.6 Å². The summed E-state index contributed by atoms with van der Waals surface area (Å²) in [6.07, 6.45) is 3.09. The number of rotatable bonds is 8. The molecule has 5 nitrogen and oxygen atoms in total. The van der Waals surface area contributed by atoms with E-state index in [2.05, 4.69) is 5.32 Å². The van der Waals surface area contributed by atoms with Crippen LogP contribution in [-0.4, -0.2) is 31.8 Å². The molecule has 2 aromatic rings. The predicted octanol–water partition coefficient (Wildman–Crippen LogP) is 3.02. The molecule has 0 aliphatic carbocycles. The number of hydrogen-bond donors (Lipinski definition) is 2. The molecule has 0 fully saturated rings. The van der Waals surface area contributed by atoms with Gasteiger partial charge in [-0.15, -0.1) is 0 Å². The van der Waals surface area contributed by atoms with E-state index in [9.17, 15) is 9.90 Å². The summed E-state index contributed by atoms with van der Waals surface area (Å²) in [4.78, 5) is 11.8. The molecule has 1 heterocycles. The number of amides is 1. The van der Waals surface area contributed by atoms with Gasteiger partial charge in [0.15, 0.2) is 11.5 Å². The Hall–Kier alpha value is -2.31. The van der Waals surface area contributed by atoms with Crippen LogP contribution in [0.2, 0.25) is 0 Å². The van der Waals surface area contributed by atoms with E-state index in [0.717, 1.165) is 11.1 Å². The molecule has 2 N–H and O–H groups in total. The molecular weight excluding hydrogens is 326 g/mol. The minimum absolute atomic E-state index is 0.206. The Balaban J connectivity index is 1.82. The summed E-state index contributed by atoms with van der Waals surface area (Å²) < 4.78 is 10.4. The smallest absolute Gasteiger partial charge is 0.244 e. The van der Waals surface area contributed by atoms with Crippen molar-refractivity contribution in [1.82, 2.24) is 5.32 Å². The van der Waals surface area contributed by atoms with Crippen LogP contribution in [0.3, 0.4) is 0 Å². The molecule has 6 heteroatoms. The minimum Gasteiger partial charge on any atom is -0.493 e. The summed E-state index contributed by atoms with van der Waals surface area (Å²) in [5.74, 6) is 1.04. The molecule has 0 aliphatic rings. The lowest BCUT2D eigenvalue weighted by Gasteiger charge is -2.09. The quantitative estimate of drug-likeness (QED) is 0.720. The second-order valence-electron chi connectivity index (χ2n) is 5.10. The Morgan fingerprint density at radius 2 is 2.08 bits per heavy atom. The molecule has 0 bridgehead atoms. The van der Waals surface area contributed by atoms with Crippen LogP contribution >= 0.6 is 11.3 Å². The van der Waals surface area contributed by atoms with E-state index in [-0.39, 0.29) is 5.91 Å². The van der Waals surface area contributed by atoms with Crippen LogP contribution in [0.1, 0.15) is 23.7 Å². The number of carbonyl (C=O) groups excluding carboxylic acids is 1. The van der Waals surface area contributed by atoms with Crippen molar-refractivity contribution in [2.45, 2.75) is 12.5 Å². The number of aliphatic hydroxyl groups excluding tert-OH is 1. The first-order chi connectivity index (χ1) is 11.6. The van der Waals surface area contributed by atoms with Crippen LogP contribution in [0.4, 0.5) is 0 Å². The standard InChI is InChI=1S/C18H21NO4S/c1-22-16-5-3-13(11-17(16)23-2)4-6-18(21)19-9-7-15(20)14-8-10-24-12-14/h3-6,8,10-12,15,20H,7,9H2,1-2H3,(H,19,21)/b6-4+. The third kappa shape index (κ3) is 5.11. The molecule has 0 saturated heterocycles. The SMILES string of the molecule is COc1ccc(/C=C/C(=O)NCCC(O)c2ccsc2)cc1OC. The number of aliphatic hydroxyl groups is 1. The van der Waals surface area contributed by atoms with Crippen molar-refractivity contribution in [2.24, 2.45) is 0 Å². The lowest BCUT2D eigenvalue weighted by Crippen LogP contribution is -2.23. The minimum atomic E-state index is -0.550. The lowest BCUT2D eigenvalue weighted by molar-refractivity contribution is -0.116. The third-order valence-electron chi connectivity index (χ3n) is 3.48. The Bertz CT molecular complexity index is 682. The number of hydrogen-bond acceptors (Lipinski definition) is 5. The monoisotopic (exact) mass is 347 g/mol. The molecular formula is C18H21NO4S. The van der Waals surface area contributed by atoms with Gasteiger partial charge in [-0.1, -0.05) is 6.07 Å². The highest BCUT2D eigenvalue weighted by Crippen LogP contribution is 2.27. The first-order valence-corrected chi connectivity index (χ1v) is 8.46. The normalized spacial score (nSPS) is 12.1. The molecule has 1 atom stereocenters. The van der Waals surface area contributed by atoms with Crippen molar-refractivity contribution < 1.29 is 19.4 Å². The zero-order valence-corrected chi connectivity index (χ0v) is 14.5. The summed E-state index contributed by atoms with van der Waals surface area (Å²) in [5.41, 5.74) is 1.72.